The van der Waals surface area contributed by atoms with Crippen LogP contribution in [-0.4, -0.2) is 31.0 Å². The number of nitrogens with zero attached hydrogens (tertiary/aromatic N) is 2. The topological polar surface area (TPSA) is 128 Å². The number of carbonyl (C=O) groups is 1. The fourth-order valence-electron chi connectivity index (χ4n) is 2.94. The quantitative estimate of drug-likeness (QED) is 0.574. The molecular weight excluding hydrogens is 390 g/mol. The summed E-state index contributed by atoms with van der Waals surface area (Å²) in [5, 5.41) is 11.9. The smallest absolute Gasteiger partial charge is 0.328 e. The van der Waals surface area contributed by atoms with Crippen molar-refractivity contribution in [1.82, 2.24) is 20.0 Å². The minimum atomic E-state index is -3.95. The fourth-order valence-corrected chi connectivity index (χ4v) is 3.87. The number of nitrogens with one attached hydrogen (secondary N) is 3. The van der Waals surface area contributed by atoms with Crippen molar-refractivity contribution in [1.29, 1.82) is 5.26 Å². The first-order valence-electron chi connectivity index (χ1n) is 9.12. The first kappa shape index (κ1) is 20.4. The molecule has 150 valence electrons. The standard InChI is InChI=1S/C20H21N5O3S/c1-3-18-23-17-9-6-14(12-21)16(19(17)24-18)10-11-22-20(26)25-29(27,28)15-7-4-13(2)5-8-15/h4-9H,3,10-11H2,1-2H3,(H,23,24)(H2,22,25,26). The molecule has 0 bridgehead atoms. The molecule has 0 fully saturated rings. The first-order chi connectivity index (χ1) is 13.8. The van der Waals surface area contributed by atoms with Gasteiger partial charge in [0.2, 0.25) is 0 Å². The Morgan fingerprint density at radius 2 is 1.93 bits per heavy atom. The van der Waals surface area contributed by atoms with Crippen molar-refractivity contribution in [3.8, 4) is 6.07 Å². The number of hydrogen-bond acceptors (Lipinski definition) is 5. The molecule has 2 amide bonds. The summed E-state index contributed by atoms with van der Waals surface area (Å²) in [5.41, 5.74) is 3.61. The van der Waals surface area contributed by atoms with Gasteiger partial charge in [-0.15, -0.1) is 0 Å². The molecule has 0 spiro atoms. The number of aromatic nitrogens is 2. The summed E-state index contributed by atoms with van der Waals surface area (Å²) in [6, 6.07) is 11.0. The van der Waals surface area contributed by atoms with Crippen LogP contribution in [0.15, 0.2) is 41.3 Å². The molecule has 0 unspecified atom stereocenters. The zero-order chi connectivity index (χ0) is 21.0. The number of aromatic amines is 1. The van der Waals surface area contributed by atoms with Crippen LogP contribution in [-0.2, 0) is 22.9 Å². The van der Waals surface area contributed by atoms with E-state index in [9.17, 15) is 18.5 Å². The molecule has 0 saturated heterocycles. The molecule has 8 nitrogen and oxygen atoms in total. The lowest BCUT2D eigenvalue weighted by molar-refractivity contribution is 0.246. The van der Waals surface area contributed by atoms with E-state index in [-0.39, 0.29) is 11.4 Å². The average Bonchev–Trinajstić information content (AvgIpc) is 3.11. The largest absolute Gasteiger partial charge is 0.342 e. The van der Waals surface area contributed by atoms with Gasteiger partial charge in [0, 0.05) is 13.0 Å². The van der Waals surface area contributed by atoms with Gasteiger partial charge in [0.05, 0.1) is 27.6 Å². The SMILES string of the molecule is CCc1nc2c(CCNC(=O)NS(=O)(=O)c3ccc(C)cc3)c(C#N)ccc2[nH]1. The van der Waals surface area contributed by atoms with Crippen LogP contribution in [0.25, 0.3) is 11.0 Å². The Labute approximate surface area is 169 Å². The maximum absolute atomic E-state index is 12.3. The first-order valence-corrected chi connectivity index (χ1v) is 10.6. The number of fused-ring (bicyclic) bond motifs is 1. The van der Waals surface area contributed by atoms with Gasteiger partial charge in [0.1, 0.15) is 5.82 Å². The van der Waals surface area contributed by atoms with Crippen LogP contribution in [0.1, 0.15) is 29.4 Å². The summed E-state index contributed by atoms with van der Waals surface area (Å²) in [6.07, 6.45) is 1.07. The van der Waals surface area contributed by atoms with E-state index >= 15 is 0 Å². The molecule has 0 atom stereocenters. The van der Waals surface area contributed by atoms with Crippen molar-refractivity contribution < 1.29 is 13.2 Å². The van der Waals surface area contributed by atoms with E-state index in [0.717, 1.165) is 23.3 Å². The molecule has 3 aromatic rings. The summed E-state index contributed by atoms with van der Waals surface area (Å²) in [4.78, 5) is 19.8. The minimum absolute atomic E-state index is 0.0124. The number of H-pyrrole nitrogens is 1. The Kier molecular flexibility index (Phi) is 5.84. The molecule has 0 aliphatic heterocycles. The number of carbonyl (C=O) groups excluding carboxylic acids is 1. The van der Waals surface area contributed by atoms with Crippen molar-refractivity contribution in [2.75, 3.05) is 6.54 Å². The van der Waals surface area contributed by atoms with Gasteiger partial charge in [-0.3, -0.25) is 0 Å². The van der Waals surface area contributed by atoms with Crippen LogP contribution in [0.2, 0.25) is 0 Å². The molecule has 0 saturated carbocycles. The maximum Gasteiger partial charge on any atom is 0.328 e. The van der Waals surface area contributed by atoms with Crippen molar-refractivity contribution in [3.05, 3.63) is 58.9 Å². The fraction of sp³-hybridized carbons (Fsp3) is 0.250. The molecular formula is C20H21N5O3S. The molecule has 2 aromatic carbocycles. The molecule has 29 heavy (non-hydrogen) atoms. The highest BCUT2D eigenvalue weighted by Gasteiger charge is 2.17. The van der Waals surface area contributed by atoms with E-state index in [1.165, 1.54) is 12.1 Å². The second-order valence-electron chi connectivity index (χ2n) is 6.56. The van der Waals surface area contributed by atoms with Crippen molar-refractivity contribution in [2.24, 2.45) is 0 Å². The average molecular weight is 411 g/mol. The van der Waals surface area contributed by atoms with E-state index in [0.29, 0.717) is 23.1 Å². The van der Waals surface area contributed by atoms with Gasteiger partial charge in [-0.2, -0.15) is 5.26 Å². The summed E-state index contributed by atoms with van der Waals surface area (Å²) < 4.78 is 26.5. The minimum Gasteiger partial charge on any atom is -0.342 e. The number of sulfonamides is 1. The van der Waals surface area contributed by atoms with E-state index < -0.39 is 16.1 Å². The summed E-state index contributed by atoms with van der Waals surface area (Å²) in [6.45, 7) is 3.97. The number of benzene rings is 2. The van der Waals surface area contributed by atoms with Crippen LogP contribution >= 0.6 is 0 Å². The van der Waals surface area contributed by atoms with E-state index in [1.807, 2.05) is 18.6 Å². The molecule has 0 radical (unpaired) electrons. The number of imidazole rings is 1. The number of amides is 2. The van der Waals surface area contributed by atoms with Crippen LogP contribution in [0.4, 0.5) is 4.79 Å². The van der Waals surface area contributed by atoms with Gasteiger partial charge in [0.15, 0.2) is 0 Å². The van der Waals surface area contributed by atoms with E-state index in [1.54, 1.807) is 24.3 Å². The van der Waals surface area contributed by atoms with E-state index in [4.69, 9.17) is 0 Å². The third-order valence-corrected chi connectivity index (χ3v) is 5.83. The van der Waals surface area contributed by atoms with Crippen LogP contribution < -0.4 is 10.0 Å². The highest BCUT2D eigenvalue weighted by atomic mass is 32.2. The number of hydrogen-bond donors (Lipinski definition) is 3. The zero-order valence-electron chi connectivity index (χ0n) is 16.1. The number of rotatable bonds is 6. The van der Waals surface area contributed by atoms with Gasteiger partial charge in [-0.25, -0.2) is 22.9 Å². The predicted octanol–water partition coefficient (Wildman–Crippen LogP) is 2.54. The molecule has 3 N–H and O–H groups in total. The molecule has 0 aliphatic carbocycles. The van der Waals surface area contributed by atoms with Crippen molar-refractivity contribution in [2.45, 2.75) is 31.6 Å². The van der Waals surface area contributed by atoms with Gasteiger partial charge in [-0.05, 0) is 43.2 Å². The van der Waals surface area contributed by atoms with Gasteiger partial charge in [-0.1, -0.05) is 24.6 Å². The van der Waals surface area contributed by atoms with Crippen molar-refractivity contribution >= 4 is 27.1 Å². The van der Waals surface area contributed by atoms with Crippen molar-refractivity contribution in [3.63, 3.8) is 0 Å². The highest BCUT2D eigenvalue weighted by Crippen LogP contribution is 2.21. The summed E-state index contributed by atoms with van der Waals surface area (Å²) in [7, 11) is -3.95. The van der Waals surface area contributed by atoms with Gasteiger partial charge in [0.25, 0.3) is 10.0 Å². The van der Waals surface area contributed by atoms with Gasteiger partial charge < -0.3 is 10.3 Å². The van der Waals surface area contributed by atoms with E-state index in [2.05, 4.69) is 21.4 Å². The Morgan fingerprint density at radius 1 is 1.21 bits per heavy atom. The monoisotopic (exact) mass is 411 g/mol. The lowest BCUT2D eigenvalue weighted by atomic mass is 10.0. The molecule has 1 heterocycles. The molecule has 1 aromatic heterocycles. The predicted molar refractivity (Wildman–Crippen MR) is 109 cm³/mol. The summed E-state index contributed by atoms with van der Waals surface area (Å²) in [5.74, 6) is 0.811. The third kappa shape index (κ3) is 4.55. The van der Waals surface area contributed by atoms with Crippen LogP contribution in [0.3, 0.4) is 0 Å². The Morgan fingerprint density at radius 3 is 2.59 bits per heavy atom. The molecule has 0 aliphatic rings. The Balaban J connectivity index is 1.68. The third-order valence-electron chi connectivity index (χ3n) is 4.48. The molecule has 9 heteroatoms. The van der Waals surface area contributed by atoms with Gasteiger partial charge >= 0.3 is 6.03 Å². The maximum atomic E-state index is 12.3. The summed E-state index contributed by atoms with van der Waals surface area (Å²) >= 11 is 0. The second-order valence-corrected chi connectivity index (χ2v) is 8.24. The number of nitriles is 1. The Hall–Kier alpha value is -3.38. The zero-order valence-corrected chi connectivity index (χ0v) is 16.9. The second kappa shape index (κ2) is 8.32. The number of aryl methyl sites for hydroxylation is 2. The normalized spacial score (nSPS) is 11.2. The lowest BCUT2D eigenvalue weighted by Crippen LogP contribution is -2.40. The van der Waals surface area contributed by atoms with Crippen LogP contribution in [0.5, 0.6) is 0 Å². The lowest BCUT2D eigenvalue weighted by Gasteiger charge is -2.10. The number of urea groups is 1. The highest BCUT2D eigenvalue weighted by molar-refractivity contribution is 7.90. The molecule has 3 rings (SSSR count). The Bertz CT molecular complexity index is 1190. The van der Waals surface area contributed by atoms with Crippen LogP contribution in [0, 0.1) is 18.3 Å².